The van der Waals surface area contributed by atoms with Gasteiger partial charge in [-0.1, -0.05) is 29.5 Å². The minimum atomic E-state index is -2.59. The van der Waals surface area contributed by atoms with Crippen molar-refractivity contribution in [3.63, 3.8) is 0 Å². The third-order valence-electron chi connectivity index (χ3n) is 5.49. The summed E-state index contributed by atoms with van der Waals surface area (Å²) in [6, 6.07) is 10.3. The molecule has 5 nitrogen and oxygen atoms in total. The number of halogens is 4. The zero-order valence-corrected chi connectivity index (χ0v) is 17.2. The van der Waals surface area contributed by atoms with Crippen LogP contribution in [0.5, 0.6) is 0 Å². The number of alkyl halides is 2. The Morgan fingerprint density at radius 3 is 2.84 bits per heavy atom. The van der Waals surface area contributed by atoms with Gasteiger partial charge >= 0.3 is 0 Å². The van der Waals surface area contributed by atoms with Gasteiger partial charge in [-0.25, -0.2) is 13.2 Å². The van der Waals surface area contributed by atoms with E-state index in [-0.39, 0.29) is 23.8 Å². The van der Waals surface area contributed by atoms with E-state index < -0.39 is 11.7 Å². The van der Waals surface area contributed by atoms with Crippen molar-refractivity contribution in [2.75, 3.05) is 23.5 Å². The molecule has 1 aliphatic carbocycles. The number of guanidine groups is 1. The van der Waals surface area contributed by atoms with Gasteiger partial charge in [0.15, 0.2) is 0 Å². The summed E-state index contributed by atoms with van der Waals surface area (Å²) in [6.07, 6.45) is -0.373. The molecule has 2 aliphatic heterocycles. The fourth-order valence-electron chi connectivity index (χ4n) is 3.80. The standard InChI is InChI=1S/C22H17ClF3N5/c1-30(15-4-2-3-13(7-15)5-6-14-10-22(25,26)11-14)20-16-8-18(24)17(23)9-19(16)31-12-27-29-21(31)28-20/h2-4,7-9,14,27H,10-12H2,1H3. The molecule has 2 aromatic carbocycles. The lowest BCUT2D eigenvalue weighted by Gasteiger charge is -2.31. The van der Waals surface area contributed by atoms with Crippen LogP contribution >= 0.6 is 11.6 Å². The Morgan fingerprint density at radius 1 is 1.26 bits per heavy atom. The second kappa shape index (κ2) is 7.20. The number of hydrazone groups is 1. The fourth-order valence-corrected chi connectivity index (χ4v) is 3.96. The first-order valence-electron chi connectivity index (χ1n) is 9.70. The van der Waals surface area contributed by atoms with Crippen molar-refractivity contribution in [3.05, 3.63) is 58.4 Å². The Hall–Kier alpha value is -3.18. The van der Waals surface area contributed by atoms with Crippen molar-refractivity contribution in [3.8, 4) is 11.8 Å². The van der Waals surface area contributed by atoms with Gasteiger partial charge in [0.25, 0.3) is 11.9 Å². The summed E-state index contributed by atoms with van der Waals surface area (Å²) < 4.78 is 40.3. The lowest BCUT2D eigenvalue weighted by molar-refractivity contribution is -0.0936. The highest BCUT2D eigenvalue weighted by molar-refractivity contribution is 6.32. The van der Waals surface area contributed by atoms with Crippen LogP contribution < -0.4 is 15.2 Å². The highest BCUT2D eigenvalue weighted by Gasteiger charge is 2.44. The summed E-state index contributed by atoms with van der Waals surface area (Å²) in [5, 5.41) is 4.21. The van der Waals surface area contributed by atoms with E-state index in [1.54, 1.807) is 6.07 Å². The Balaban J connectivity index is 1.47. The molecule has 0 unspecified atom stereocenters. The smallest absolute Gasteiger partial charge is 0.250 e. The molecule has 0 aromatic heterocycles. The number of hydrogen-bond donors (Lipinski definition) is 1. The number of fused-ring (bicyclic) bond motifs is 3. The predicted molar refractivity (Wildman–Crippen MR) is 115 cm³/mol. The normalized spacial score (nSPS) is 18.5. The van der Waals surface area contributed by atoms with Gasteiger partial charge in [-0.3, -0.25) is 10.3 Å². The molecule has 3 aliphatic rings. The molecule has 1 fully saturated rings. The van der Waals surface area contributed by atoms with E-state index in [0.29, 0.717) is 35.3 Å². The summed E-state index contributed by atoms with van der Waals surface area (Å²) in [6.45, 7) is 0.413. The number of rotatable bonds is 1. The third kappa shape index (κ3) is 3.59. The first-order valence-corrected chi connectivity index (χ1v) is 10.1. The van der Waals surface area contributed by atoms with Crippen LogP contribution in [0.25, 0.3) is 0 Å². The molecule has 1 N–H and O–H groups in total. The molecular formula is C22H17ClF3N5. The van der Waals surface area contributed by atoms with Gasteiger partial charge < -0.3 is 4.90 Å². The average Bonchev–Trinajstić information content (AvgIpc) is 3.19. The number of amidine groups is 1. The summed E-state index contributed by atoms with van der Waals surface area (Å²) in [7, 11) is 1.81. The number of nitrogens with one attached hydrogen (secondary N) is 1. The summed E-state index contributed by atoms with van der Waals surface area (Å²) in [5.74, 6) is 3.47. The predicted octanol–water partition coefficient (Wildman–Crippen LogP) is 4.41. The number of benzene rings is 2. The highest BCUT2D eigenvalue weighted by atomic mass is 35.5. The van der Waals surface area contributed by atoms with Crippen LogP contribution in [0.3, 0.4) is 0 Å². The molecule has 5 rings (SSSR count). The molecule has 158 valence electrons. The largest absolute Gasteiger partial charge is 0.329 e. The Morgan fingerprint density at radius 2 is 2.06 bits per heavy atom. The monoisotopic (exact) mass is 443 g/mol. The van der Waals surface area contributed by atoms with E-state index in [4.69, 9.17) is 11.6 Å². The van der Waals surface area contributed by atoms with E-state index in [1.165, 1.54) is 6.07 Å². The molecule has 1 saturated carbocycles. The molecule has 9 heteroatoms. The van der Waals surface area contributed by atoms with Crippen molar-refractivity contribution in [1.82, 2.24) is 5.43 Å². The lowest BCUT2D eigenvalue weighted by atomic mass is 9.82. The Bertz CT molecular complexity index is 1190. The Kier molecular flexibility index (Phi) is 4.59. The van der Waals surface area contributed by atoms with Crippen molar-refractivity contribution < 1.29 is 13.2 Å². The topological polar surface area (TPSA) is 43.2 Å². The minimum absolute atomic E-state index is 0.0211. The number of anilines is 2. The van der Waals surface area contributed by atoms with Gasteiger partial charge in [-0.2, -0.15) is 4.99 Å². The molecule has 2 heterocycles. The summed E-state index contributed by atoms with van der Waals surface area (Å²) in [4.78, 5) is 8.23. The maximum atomic E-state index is 14.3. The molecule has 0 spiro atoms. The van der Waals surface area contributed by atoms with Crippen molar-refractivity contribution >= 4 is 34.8 Å². The highest BCUT2D eigenvalue weighted by Crippen LogP contribution is 2.42. The van der Waals surface area contributed by atoms with Gasteiger partial charge in [-0.15, -0.1) is 5.10 Å². The fraction of sp³-hybridized carbons (Fsp3) is 0.273. The number of hydrogen-bond acceptors (Lipinski definition) is 5. The molecule has 31 heavy (non-hydrogen) atoms. The zero-order valence-electron chi connectivity index (χ0n) is 16.5. The van der Waals surface area contributed by atoms with Gasteiger partial charge in [-0.05, 0) is 30.3 Å². The van der Waals surface area contributed by atoms with Crippen LogP contribution in [0.1, 0.15) is 24.0 Å². The average molecular weight is 444 g/mol. The van der Waals surface area contributed by atoms with Crippen LogP contribution in [-0.2, 0) is 0 Å². The molecular weight excluding hydrogens is 427 g/mol. The molecule has 0 bridgehead atoms. The van der Waals surface area contributed by atoms with Gasteiger partial charge in [0.05, 0.1) is 10.7 Å². The molecule has 0 amide bonds. The molecule has 2 aromatic rings. The van der Waals surface area contributed by atoms with Crippen LogP contribution in [0, 0.1) is 23.6 Å². The van der Waals surface area contributed by atoms with Gasteiger partial charge in [0.2, 0.25) is 0 Å². The van der Waals surface area contributed by atoms with E-state index in [1.807, 2.05) is 41.1 Å². The maximum Gasteiger partial charge on any atom is 0.250 e. The van der Waals surface area contributed by atoms with Crippen LogP contribution in [0.2, 0.25) is 5.02 Å². The van der Waals surface area contributed by atoms with Crippen LogP contribution in [0.15, 0.2) is 46.5 Å². The quantitative estimate of drug-likeness (QED) is 0.664. The zero-order chi connectivity index (χ0) is 21.8. The van der Waals surface area contributed by atoms with Gasteiger partial charge in [0.1, 0.15) is 18.3 Å². The second-order valence-electron chi connectivity index (χ2n) is 7.71. The lowest BCUT2D eigenvalue weighted by Crippen LogP contribution is -2.39. The first-order chi connectivity index (χ1) is 14.8. The van der Waals surface area contributed by atoms with Crippen molar-refractivity contribution in [2.45, 2.75) is 18.8 Å². The maximum absolute atomic E-state index is 14.3. The molecule has 0 atom stereocenters. The Labute approximate surface area is 182 Å². The van der Waals surface area contributed by atoms with E-state index in [9.17, 15) is 13.2 Å². The summed E-state index contributed by atoms with van der Waals surface area (Å²) >= 11 is 6.02. The number of nitrogens with zero attached hydrogens (tertiary/aromatic N) is 4. The van der Waals surface area contributed by atoms with E-state index in [2.05, 4.69) is 27.4 Å². The SMILES string of the molecule is CN(C1=NC2=NNCN2c2cc(Cl)c(F)cc21)c1cccc(C#CC2CC(F)(F)C2)c1. The van der Waals surface area contributed by atoms with Crippen LogP contribution in [-0.4, -0.2) is 31.4 Å². The van der Waals surface area contributed by atoms with E-state index >= 15 is 0 Å². The molecule has 0 saturated heterocycles. The number of aliphatic imine (C=N–C) groups is 1. The third-order valence-corrected chi connectivity index (χ3v) is 5.78. The van der Waals surface area contributed by atoms with Crippen LogP contribution in [0.4, 0.5) is 24.5 Å². The van der Waals surface area contributed by atoms with E-state index in [0.717, 1.165) is 5.69 Å². The second-order valence-corrected chi connectivity index (χ2v) is 8.12. The van der Waals surface area contributed by atoms with Crippen molar-refractivity contribution in [1.29, 1.82) is 0 Å². The minimum Gasteiger partial charge on any atom is -0.329 e. The molecule has 0 radical (unpaired) electrons. The first kappa shape index (κ1) is 19.8. The summed E-state index contributed by atoms with van der Waals surface area (Å²) in [5.41, 5.74) is 5.64. The van der Waals surface area contributed by atoms with Gasteiger partial charge in [0, 0.05) is 42.6 Å². The van der Waals surface area contributed by atoms with Crippen molar-refractivity contribution in [2.24, 2.45) is 16.0 Å².